The maximum Gasteiger partial charge on any atom is 0.187 e. The fraction of sp³-hybridized carbons (Fsp3) is 0.136. The molecule has 0 N–H and O–H groups in total. The Morgan fingerprint density at radius 3 is 2.31 bits per heavy atom. The third kappa shape index (κ3) is 2.74. The molecular weight excluding hydrogens is 320 g/mol. The van der Waals surface area contributed by atoms with E-state index in [-0.39, 0.29) is 5.92 Å². The van der Waals surface area contributed by atoms with Crippen LogP contribution in [0.25, 0.3) is 32.7 Å². The van der Waals surface area contributed by atoms with E-state index < -0.39 is 0 Å². The van der Waals surface area contributed by atoms with E-state index in [1.54, 1.807) is 0 Å². The standard InChI is InChI=1S/C22H18N4/c1-15(2)21-24-25-22(26(21)20-12-10-19(23-3)11-13-20)18-9-8-16-6-4-5-7-17(16)14-18/h4-15H,1-2H3. The van der Waals surface area contributed by atoms with E-state index in [2.05, 4.69) is 63.8 Å². The molecular formula is C22H18N4. The van der Waals surface area contributed by atoms with E-state index >= 15 is 0 Å². The molecule has 0 bridgehead atoms. The summed E-state index contributed by atoms with van der Waals surface area (Å²) in [5.41, 5.74) is 2.62. The van der Waals surface area contributed by atoms with Crippen LogP contribution in [0.3, 0.4) is 0 Å². The van der Waals surface area contributed by atoms with Crippen LogP contribution in [0.2, 0.25) is 0 Å². The lowest BCUT2D eigenvalue weighted by atomic mass is 10.1. The number of hydrogen-bond acceptors (Lipinski definition) is 2. The minimum atomic E-state index is 0.234. The van der Waals surface area contributed by atoms with Crippen molar-refractivity contribution in [3.05, 3.63) is 84.0 Å². The van der Waals surface area contributed by atoms with Gasteiger partial charge in [-0.2, -0.15) is 0 Å². The second kappa shape index (κ2) is 6.45. The fourth-order valence-corrected chi connectivity index (χ4v) is 3.12. The van der Waals surface area contributed by atoms with Gasteiger partial charge in [-0.05, 0) is 29.0 Å². The molecule has 4 nitrogen and oxygen atoms in total. The topological polar surface area (TPSA) is 35.1 Å². The van der Waals surface area contributed by atoms with Crippen molar-refractivity contribution in [2.75, 3.05) is 0 Å². The molecule has 4 rings (SSSR count). The van der Waals surface area contributed by atoms with Gasteiger partial charge in [0.05, 0.1) is 6.57 Å². The van der Waals surface area contributed by atoms with Crippen LogP contribution in [0.15, 0.2) is 66.7 Å². The Labute approximate surface area is 152 Å². The lowest BCUT2D eigenvalue weighted by Crippen LogP contribution is -2.04. The van der Waals surface area contributed by atoms with Gasteiger partial charge in [0.2, 0.25) is 0 Å². The lowest BCUT2D eigenvalue weighted by molar-refractivity contribution is 0.746. The molecule has 0 aliphatic carbocycles. The third-order valence-corrected chi connectivity index (χ3v) is 4.45. The van der Waals surface area contributed by atoms with Gasteiger partial charge in [-0.1, -0.05) is 62.4 Å². The fourth-order valence-electron chi connectivity index (χ4n) is 3.12. The number of nitrogens with zero attached hydrogens (tertiary/aromatic N) is 4. The minimum absolute atomic E-state index is 0.234. The van der Waals surface area contributed by atoms with Gasteiger partial charge in [-0.25, -0.2) is 4.85 Å². The van der Waals surface area contributed by atoms with Crippen LogP contribution in [0.4, 0.5) is 5.69 Å². The summed E-state index contributed by atoms with van der Waals surface area (Å²) in [6.07, 6.45) is 0. The largest absolute Gasteiger partial charge is 0.279 e. The maximum atomic E-state index is 7.15. The summed E-state index contributed by atoms with van der Waals surface area (Å²) >= 11 is 0. The molecule has 26 heavy (non-hydrogen) atoms. The molecule has 1 aromatic heterocycles. The van der Waals surface area contributed by atoms with Crippen molar-refractivity contribution in [1.29, 1.82) is 0 Å². The van der Waals surface area contributed by atoms with Crippen LogP contribution in [0, 0.1) is 6.57 Å². The summed E-state index contributed by atoms with van der Waals surface area (Å²) < 4.78 is 2.09. The van der Waals surface area contributed by atoms with Crippen LogP contribution < -0.4 is 0 Å². The molecule has 0 aliphatic heterocycles. The van der Waals surface area contributed by atoms with Gasteiger partial charge in [0.15, 0.2) is 11.5 Å². The Morgan fingerprint density at radius 1 is 0.885 bits per heavy atom. The van der Waals surface area contributed by atoms with Crippen LogP contribution in [-0.4, -0.2) is 14.8 Å². The number of fused-ring (bicyclic) bond motifs is 1. The molecule has 0 saturated carbocycles. The zero-order valence-corrected chi connectivity index (χ0v) is 14.7. The molecule has 0 unspecified atom stereocenters. The summed E-state index contributed by atoms with van der Waals surface area (Å²) in [5, 5.41) is 11.3. The molecule has 0 radical (unpaired) electrons. The third-order valence-electron chi connectivity index (χ3n) is 4.45. The van der Waals surface area contributed by atoms with Gasteiger partial charge in [0.1, 0.15) is 5.82 Å². The molecule has 0 saturated heterocycles. The molecule has 0 fully saturated rings. The van der Waals surface area contributed by atoms with Crippen molar-refractivity contribution >= 4 is 16.5 Å². The van der Waals surface area contributed by atoms with Gasteiger partial charge in [0, 0.05) is 17.2 Å². The number of rotatable bonds is 3. The van der Waals surface area contributed by atoms with E-state index in [4.69, 9.17) is 6.57 Å². The van der Waals surface area contributed by atoms with E-state index in [0.29, 0.717) is 5.69 Å². The highest BCUT2D eigenvalue weighted by atomic mass is 15.3. The van der Waals surface area contributed by atoms with Crippen molar-refractivity contribution in [3.8, 4) is 17.1 Å². The average molecular weight is 338 g/mol. The molecule has 4 heteroatoms. The minimum Gasteiger partial charge on any atom is -0.279 e. The monoisotopic (exact) mass is 338 g/mol. The normalized spacial score (nSPS) is 11.0. The summed E-state index contributed by atoms with van der Waals surface area (Å²) in [6, 6.07) is 22.2. The van der Waals surface area contributed by atoms with Crippen molar-refractivity contribution in [2.24, 2.45) is 0 Å². The van der Waals surface area contributed by atoms with E-state index in [0.717, 1.165) is 22.9 Å². The highest BCUT2D eigenvalue weighted by Crippen LogP contribution is 2.29. The van der Waals surface area contributed by atoms with Crippen LogP contribution >= 0.6 is 0 Å². The Kier molecular flexibility index (Phi) is 3.98. The van der Waals surface area contributed by atoms with Crippen molar-refractivity contribution in [1.82, 2.24) is 14.8 Å². The predicted molar refractivity (Wildman–Crippen MR) is 105 cm³/mol. The first kappa shape index (κ1) is 16.0. The Morgan fingerprint density at radius 2 is 1.62 bits per heavy atom. The summed E-state index contributed by atoms with van der Waals surface area (Å²) in [5.74, 6) is 1.95. The maximum absolute atomic E-state index is 7.15. The van der Waals surface area contributed by atoms with Gasteiger partial charge in [0.25, 0.3) is 0 Å². The van der Waals surface area contributed by atoms with Crippen LogP contribution in [0.1, 0.15) is 25.6 Å². The van der Waals surface area contributed by atoms with E-state index in [1.165, 1.54) is 10.8 Å². The van der Waals surface area contributed by atoms with Crippen LogP contribution in [0.5, 0.6) is 0 Å². The first-order valence-corrected chi connectivity index (χ1v) is 8.60. The first-order valence-electron chi connectivity index (χ1n) is 8.60. The zero-order chi connectivity index (χ0) is 18.1. The molecule has 1 heterocycles. The lowest BCUT2D eigenvalue weighted by Gasteiger charge is -2.13. The molecule has 0 amide bonds. The SMILES string of the molecule is [C-]#[N+]c1ccc(-n2c(-c3ccc4ccccc4c3)nnc2C(C)C)cc1. The van der Waals surface area contributed by atoms with Crippen LogP contribution in [-0.2, 0) is 0 Å². The summed E-state index contributed by atoms with van der Waals surface area (Å²) in [7, 11) is 0. The van der Waals surface area contributed by atoms with E-state index in [1.807, 2.05) is 36.4 Å². The van der Waals surface area contributed by atoms with Crippen molar-refractivity contribution < 1.29 is 0 Å². The summed E-state index contributed by atoms with van der Waals surface area (Å²) in [4.78, 5) is 3.47. The number of benzene rings is 3. The second-order valence-corrected chi connectivity index (χ2v) is 6.56. The van der Waals surface area contributed by atoms with Gasteiger partial charge < -0.3 is 0 Å². The zero-order valence-electron chi connectivity index (χ0n) is 14.7. The Balaban J connectivity index is 1.91. The molecule has 0 spiro atoms. The van der Waals surface area contributed by atoms with Crippen molar-refractivity contribution in [2.45, 2.75) is 19.8 Å². The quantitative estimate of drug-likeness (QED) is 0.445. The van der Waals surface area contributed by atoms with E-state index in [9.17, 15) is 0 Å². The Bertz CT molecular complexity index is 1120. The number of hydrogen-bond donors (Lipinski definition) is 0. The molecule has 3 aromatic carbocycles. The first-order chi connectivity index (χ1) is 12.7. The number of aromatic nitrogens is 3. The highest BCUT2D eigenvalue weighted by Gasteiger charge is 2.18. The second-order valence-electron chi connectivity index (χ2n) is 6.56. The molecule has 4 aromatic rings. The molecule has 0 atom stereocenters. The van der Waals surface area contributed by atoms with Gasteiger partial charge in [-0.15, -0.1) is 10.2 Å². The Hall–Kier alpha value is -3.45. The highest BCUT2D eigenvalue weighted by molar-refractivity contribution is 5.86. The summed E-state index contributed by atoms with van der Waals surface area (Å²) in [6.45, 7) is 11.4. The molecule has 126 valence electrons. The van der Waals surface area contributed by atoms with Crippen molar-refractivity contribution in [3.63, 3.8) is 0 Å². The predicted octanol–water partition coefficient (Wildman–Crippen LogP) is 5.76. The van der Waals surface area contributed by atoms with Gasteiger partial charge in [-0.3, -0.25) is 4.57 Å². The van der Waals surface area contributed by atoms with Gasteiger partial charge >= 0.3 is 0 Å². The molecule has 0 aliphatic rings. The smallest absolute Gasteiger partial charge is 0.187 e. The average Bonchev–Trinajstić information content (AvgIpc) is 3.13.